The van der Waals surface area contributed by atoms with Gasteiger partial charge in [-0.15, -0.1) is 11.3 Å². The predicted octanol–water partition coefficient (Wildman–Crippen LogP) is 5.56. The predicted molar refractivity (Wildman–Crippen MR) is 109 cm³/mol. The Labute approximate surface area is 159 Å². The Morgan fingerprint density at radius 3 is 2.80 bits per heavy atom. The number of methoxy groups -OCH3 is 1. The number of nitrogens with one attached hydrogen (secondary N) is 1. The number of thiazole rings is 1. The number of rotatable bonds is 6. The van der Waals surface area contributed by atoms with Crippen LogP contribution in [-0.2, 0) is 4.74 Å². The molecule has 0 amide bonds. The van der Waals surface area contributed by atoms with Crippen LogP contribution in [0, 0.1) is 6.92 Å². The maximum Gasteiger partial charge on any atom is 0.188 e. The number of aryl methyl sites for hydroxylation is 1. The fourth-order valence-corrected chi connectivity index (χ4v) is 3.87. The Morgan fingerprint density at radius 1 is 1.24 bits per heavy atom. The van der Waals surface area contributed by atoms with Crippen LogP contribution in [0.15, 0.2) is 34.8 Å². The molecule has 1 heterocycles. The van der Waals surface area contributed by atoms with Crippen LogP contribution < -0.4 is 10.1 Å². The summed E-state index contributed by atoms with van der Waals surface area (Å²) in [5, 5.41) is 4.20. The van der Waals surface area contributed by atoms with Gasteiger partial charge in [-0.05, 0) is 64.3 Å². The summed E-state index contributed by atoms with van der Waals surface area (Å²) in [4.78, 5) is 4.70. The monoisotopic (exact) mass is 418 g/mol. The van der Waals surface area contributed by atoms with Gasteiger partial charge in [0.2, 0.25) is 0 Å². The van der Waals surface area contributed by atoms with E-state index in [9.17, 15) is 0 Å². The molecule has 4 nitrogen and oxygen atoms in total. The summed E-state index contributed by atoms with van der Waals surface area (Å²) in [5.41, 5.74) is 4.45. The average molecular weight is 419 g/mol. The summed E-state index contributed by atoms with van der Waals surface area (Å²) in [6.45, 7) is 2.32. The molecule has 1 N–H and O–H groups in total. The molecule has 0 bridgehead atoms. The van der Waals surface area contributed by atoms with Crippen molar-refractivity contribution >= 4 is 55.3 Å². The van der Waals surface area contributed by atoms with Gasteiger partial charge < -0.3 is 14.8 Å². The molecule has 0 saturated heterocycles. The minimum absolute atomic E-state index is 0.230. The number of hydrogen-bond donors (Lipinski definition) is 1. The summed E-state index contributed by atoms with van der Waals surface area (Å²) in [6.07, 6.45) is 4.09. The normalized spacial score (nSPS) is 11.4. The number of halogens is 1. The van der Waals surface area contributed by atoms with E-state index in [0.717, 1.165) is 32.0 Å². The fourth-order valence-electron chi connectivity index (χ4n) is 2.46. The quantitative estimate of drug-likeness (QED) is 0.531. The highest BCUT2D eigenvalue weighted by Crippen LogP contribution is 2.30. The first-order valence-electron chi connectivity index (χ1n) is 7.79. The summed E-state index contributed by atoms with van der Waals surface area (Å²) in [5.74, 6) is 0.758. The highest BCUT2D eigenvalue weighted by atomic mass is 79.9. The molecule has 0 unspecified atom stereocenters. The molecule has 130 valence electrons. The number of fused-ring (bicyclic) bond motifs is 1. The zero-order valence-corrected chi connectivity index (χ0v) is 16.7. The number of benzene rings is 2. The lowest BCUT2D eigenvalue weighted by atomic mass is 10.2. The summed E-state index contributed by atoms with van der Waals surface area (Å²) in [7, 11) is 3.54. The van der Waals surface area contributed by atoms with Crippen molar-refractivity contribution in [2.75, 3.05) is 26.3 Å². The molecular weight excluding hydrogens is 400 g/mol. The van der Waals surface area contributed by atoms with E-state index in [0.29, 0.717) is 0 Å². The van der Waals surface area contributed by atoms with Gasteiger partial charge in [-0.25, -0.2) is 4.98 Å². The molecule has 25 heavy (non-hydrogen) atoms. The van der Waals surface area contributed by atoms with Crippen LogP contribution in [0.1, 0.15) is 16.1 Å². The Morgan fingerprint density at radius 2 is 2.08 bits per heavy atom. The molecule has 0 aliphatic carbocycles. The van der Waals surface area contributed by atoms with Crippen molar-refractivity contribution in [1.82, 2.24) is 4.98 Å². The average Bonchev–Trinajstić information content (AvgIpc) is 3.00. The molecule has 3 aromatic rings. The maximum absolute atomic E-state index is 5.47. The molecular formula is C19H19BrN2O2S. The summed E-state index contributed by atoms with van der Waals surface area (Å²) >= 11 is 5.20. The summed E-state index contributed by atoms with van der Waals surface area (Å²) in [6, 6.07) is 10.2. The Bertz CT molecular complexity index is 921. The van der Waals surface area contributed by atoms with Crippen molar-refractivity contribution in [3.63, 3.8) is 0 Å². The smallest absolute Gasteiger partial charge is 0.188 e. The van der Waals surface area contributed by atoms with Gasteiger partial charge in [-0.2, -0.15) is 0 Å². The van der Waals surface area contributed by atoms with Crippen LogP contribution in [0.3, 0.4) is 0 Å². The van der Waals surface area contributed by atoms with Crippen LogP contribution in [0.25, 0.3) is 22.4 Å². The molecule has 0 fully saturated rings. The molecule has 0 aliphatic rings. The van der Waals surface area contributed by atoms with Crippen molar-refractivity contribution < 1.29 is 9.47 Å². The second-order valence-corrected chi connectivity index (χ2v) is 7.43. The highest BCUT2D eigenvalue weighted by molar-refractivity contribution is 9.10. The number of ether oxygens (including phenoxy) is 2. The Kier molecular flexibility index (Phi) is 5.73. The number of aromatic nitrogens is 1. The van der Waals surface area contributed by atoms with E-state index in [1.54, 1.807) is 18.4 Å². The van der Waals surface area contributed by atoms with Gasteiger partial charge in [-0.3, -0.25) is 0 Å². The van der Waals surface area contributed by atoms with Crippen molar-refractivity contribution in [3.05, 3.63) is 50.9 Å². The molecule has 0 atom stereocenters. The van der Waals surface area contributed by atoms with Gasteiger partial charge in [0.05, 0.1) is 14.7 Å². The maximum atomic E-state index is 5.47. The SMILES string of the molecule is CNc1cc2sc(/C=C/c3ccc(OCOC)c(Br)c3)nc2cc1C. The van der Waals surface area contributed by atoms with Crippen LogP contribution in [0.5, 0.6) is 5.75 Å². The third kappa shape index (κ3) is 4.21. The van der Waals surface area contributed by atoms with Crippen LogP contribution in [0.4, 0.5) is 5.69 Å². The first kappa shape index (κ1) is 17.9. The van der Waals surface area contributed by atoms with E-state index in [-0.39, 0.29) is 6.79 Å². The van der Waals surface area contributed by atoms with E-state index in [1.807, 2.05) is 31.3 Å². The van der Waals surface area contributed by atoms with Gasteiger partial charge >= 0.3 is 0 Å². The summed E-state index contributed by atoms with van der Waals surface area (Å²) < 4.78 is 12.5. The van der Waals surface area contributed by atoms with Gasteiger partial charge in [0.15, 0.2) is 6.79 Å². The van der Waals surface area contributed by atoms with Gasteiger partial charge in [0.25, 0.3) is 0 Å². The lowest BCUT2D eigenvalue weighted by molar-refractivity contribution is 0.0506. The first-order chi connectivity index (χ1) is 12.1. The molecule has 0 spiro atoms. The van der Waals surface area contributed by atoms with E-state index in [1.165, 1.54) is 10.3 Å². The number of hydrogen-bond acceptors (Lipinski definition) is 5. The molecule has 0 radical (unpaired) electrons. The number of anilines is 1. The molecule has 6 heteroatoms. The first-order valence-corrected chi connectivity index (χ1v) is 9.40. The molecule has 2 aromatic carbocycles. The fraction of sp³-hybridized carbons (Fsp3) is 0.211. The van der Waals surface area contributed by atoms with E-state index >= 15 is 0 Å². The largest absolute Gasteiger partial charge is 0.466 e. The van der Waals surface area contributed by atoms with Gasteiger partial charge in [0.1, 0.15) is 10.8 Å². The van der Waals surface area contributed by atoms with Crippen LogP contribution in [0.2, 0.25) is 0 Å². The topological polar surface area (TPSA) is 43.4 Å². The Hall–Kier alpha value is -1.89. The highest BCUT2D eigenvalue weighted by Gasteiger charge is 2.06. The van der Waals surface area contributed by atoms with Crippen molar-refractivity contribution in [3.8, 4) is 5.75 Å². The molecule has 0 aliphatic heterocycles. The zero-order valence-electron chi connectivity index (χ0n) is 14.3. The minimum Gasteiger partial charge on any atom is -0.466 e. The lowest BCUT2D eigenvalue weighted by Gasteiger charge is -2.07. The van der Waals surface area contributed by atoms with Crippen molar-refractivity contribution in [1.29, 1.82) is 0 Å². The van der Waals surface area contributed by atoms with Crippen molar-refractivity contribution in [2.45, 2.75) is 6.92 Å². The minimum atomic E-state index is 0.230. The molecule has 3 rings (SSSR count). The van der Waals surface area contributed by atoms with E-state index in [4.69, 9.17) is 14.5 Å². The second kappa shape index (κ2) is 7.99. The third-order valence-electron chi connectivity index (χ3n) is 3.73. The standard InChI is InChI=1S/C19H19BrN2O2S/c1-12-8-16-18(10-15(12)21-2)25-19(22-16)7-5-13-4-6-17(14(20)9-13)24-11-23-3/h4-10,21H,11H2,1-3H3/b7-5+. The van der Waals surface area contributed by atoms with Crippen LogP contribution >= 0.6 is 27.3 Å². The Balaban J connectivity index is 1.82. The molecule has 0 saturated carbocycles. The van der Waals surface area contributed by atoms with E-state index in [2.05, 4.69) is 46.4 Å². The second-order valence-electron chi connectivity index (χ2n) is 5.51. The third-order valence-corrected chi connectivity index (χ3v) is 5.33. The van der Waals surface area contributed by atoms with Crippen molar-refractivity contribution in [2.24, 2.45) is 0 Å². The molecule has 1 aromatic heterocycles. The van der Waals surface area contributed by atoms with Gasteiger partial charge in [0, 0.05) is 19.8 Å². The zero-order chi connectivity index (χ0) is 17.8. The lowest BCUT2D eigenvalue weighted by Crippen LogP contribution is -1.99. The van der Waals surface area contributed by atoms with Gasteiger partial charge in [-0.1, -0.05) is 12.1 Å². The number of nitrogens with zero attached hydrogens (tertiary/aromatic N) is 1. The van der Waals surface area contributed by atoms with Crippen LogP contribution in [-0.4, -0.2) is 25.9 Å². The van der Waals surface area contributed by atoms with E-state index < -0.39 is 0 Å².